The van der Waals surface area contributed by atoms with Crippen LogP contribution >= 0.6 is 0 Å². The van der Waals surface area contributed by atoms with E-state index >= 15 is 0 Å². The van der Waals surface area contributed by atoms with Crippen molar-refractivity contribution in [2.45, 2.75) is 31.6 Å². The van der Waals surface area contributed by atoms with Gasteiger partial charge in [-0.2, -0.15) is 0 Å². The Morgan fingerprint density at radius 1 is 1.03 bits per heavy atom. The quantitative estimate of drug-likeness (QED) is 0.593. The van der Waals surface area contributed by atoms with Crippen LogP contribution in [-0.2, 0) is 21.2 Å². The van der Waals surface area contributed by atoms with E-state index in [1.165, 1.54) is 12.1 Å². The number of rotatable bonds is 4. The molecule has 3 aromatic rings. The molecule has 1 N–H and O–H groups in total. The van der Waals surface area contributed by atoms with Crippen molar-refractivity contribution in [3.63, 3.8) is 0 Å². The lowest BCUT2D eigenvalue weighted by atomic mass is 9.86. The lowest BCUT2D eigenvalue weighted by Gasteiger charge is -2.22. The number of hydrogen-bond acceptors (Lipinski definition) is 6. The number of ether oxygens (including phenoxy) is 2. The van der Waals surface area contributed by atoms with Crippen LogP contribution in [0.2, 0.25) is 0 Å². The minimum absolute atomic E-state index is 0.0183. The molecule has 2 aromatic carbocycles. The molecule has 0 fully saturated rings. The van der Waals surface area contributed by atoms with Gasteiger partial charge in [0, 0.05) is 28.7 Å². The number of benzene rings is 2. The maximum atomic E-state index is 13.2. The number of nitrogens with zero attached hydrogens (tertiary/aromatic N) is 1. The highest BCUT2D eigenvalue weighted by molar-refractivity contribution is 7.90. The number of ketones is 1. The molecule has 2 aliphatic rings. The van der Waals surface area contributed by atoms with Gasteiger partial charge in [-0.05, 0) is 57.0 Å². The molecule has 1 aliphatic carbocycles. The molecule has 0 spiro atoms. The number of aryl methyl sites for hydroxylation is 2. The summed E-state index contributed by atoms with van der Waals surface area (Å²) in [5.41, 5.74) is 3.79. The fourth-order valence-electron chi connectivity index (χ4n) is 4.36. The van der Waals surface area contributed by atoms with Gasteiger partial charge in [0.2, 0.25) is 12.7 Å². The number of hydrogen-bond donors (Lipinski definition) is 1. The Morgan fingerprint density at radius 3 is 2.52 bits per heavy atom. The van der Waals surface area contributed by atoms with E-state index in [1.54, 1.807) is 18.2 Å². The average molecular weight is 467 g/mol. The summed E-state index contributed by atoms with van der Waals surface area (Å²) in [5, 5.41) is 0. The molecule has 1 atom stereocenters. The minimum atomic E-state index is -4.06. The van der Waals surface area contributed by atoms with E-state index < -0.39 is 21.8 Å². The van der Waals surface area contributed by atoms with Gasteiger partial charge in [-0.1, -0.05) is 17.7 Å². The van der Waals surface area contributed by atoms with Gasteiger partial charge >= 0.3 is 0 Å². The zero-order valence-electron chi connectivity index (χ0n) is 18.1. The Morgan fingerprint density at radius 2 is 1.76 bits per heavy atom. The minimum Gasteiger partial charge on any atom is -0.454 e. The molecule has 8 nitrogen and oxygen atoms in total. The third kappa shape index (κ3) is 3.68. The summed E-state index contributed by atoms with van der Waals surface area (Å²) in [5.74, 6) is -0.949. The number of amides is 1. The number of carbonyl (C=O) groups is 2. The van der Waals surface area contributed by atoms with Crippen LogP contribution in [0.4, 0.5) is 0 Å². The summed E-state index contributed by atoms with van der Waals surface area (Å²) in [6.07, 6.45) is 0.668. The lowest BCUT2D eigenvalue weighted by molar-refractivity contribution is -0.122. The Labute approximate surface area is 191 Å². The van der Waals surface area contributed by atoms with E-state index in [0.717, 1.165) is 22.6 Å². The van der Waals surface area contributed by atoms with Gasteiger partial charge in [-0.15, -0.1) is 0 Å². The first-order valence-corrected chi connectivity index (χ1v) is 12.0. The summed E-state index contributed by atoms with van der Waals surface area (Å²) in [6, 6.07) is 13.5. The first-order valence-electron chi connectivity index (χ1n) is 10.5. The number of nitrogens with one attached hydrogen (secondary N) is 1. The molecule has 1 aromatic heterocycles. The number of Topliss-reactive ketones (excluding diaryl/α,β-unsaturated/α-hetero) is 1. The zero-order valence-corrected chi connectivity index (χ0v) is 18.9. The number of fused-ring (bicyclic) bond motifs is 2. The van der Waals surface area contributed by atoms with Crippen molar-refractivity contribution in [1.29, 1.82) is 0 Å². The second-order valence-electron chi connectivity index (χ2n) is 8.26. The van der Waals surface area contributed by atoms with Crippen LogP contribution in [0.25, 0.3) is 5.69 Å². The highest BCUT2D eigenvalue weighted by Crippen LogP contribution is 2.36. The summed E-state index contributed by atoms with van der Waals surface area (Å²) in [6.45, 7) is 3.89. The number of sulfonamides is 1. The van der Waals surface area contributed by atoms with Crippen LogP contribution in [0.1, 0.15) is 33.7 Å². The SMILES string of the molecule is Cc1ccc(S(=O)(=O)NC(=O)[C@H]2CCc3c(cc(C)n3-c3ccc4c(c3)OCO4)C2=O)cc1. The van der Waals surface area contributed by atoms with Crippen molar-refractivity contribution in [2.75, 3.05) is 6.79 Å². The molecule has 0 radical (unpaired) electrons. The molecule has 1 aliphatic heterocycles. The maximum Gasteiger partial charge on any atom is 0.264 e. The Hall–Kier alpha value is -3.59. The summed E-state index contributed by atoms with van der Waals surface area (Å²) >= 11 is 0. The predicted octanol–water partition coefficient (Wildman–Crippen LogP) is 3.07. The van der Waals surface area contributed by atoms with Crippen molar-refractivity contribution in [3.8, 4) is 17.2 Å². The first-order chi connectivity index (χ1) is 15.7. The zero-order chi connectivity index (χ0) is 23.3. The van der Waals surface area contributed by atoms with Gasteiger partial charge in [0.05, 0.1) is 4.90 Å². The Bertz CT molecular complexity index is 1390. The third-order valence-corrected chi connectivity index (χ3v) is 7.40. The van der Waals surface area contributed by atoms with Crippen molar-refractivity contribution in [3.05, 3.63) is 71.0 Å². The second kappa shape index (κ2) is 7.77. The van der Waals surface area contributed by atoms with Crippen LogP contribution in [0.3, 0.4) is 0 Å². The van der Waals surface area contributed by atoms with Gasteiger partial charge in [0.25, 0.3) is 10.0 Å². The third-order valence-electron chi connectivity index (χ3n) is 6.04. The number of carbonyl (C=O) groups excluding carboxylic acids is 2. The first kappa shape index (κ1) is 21.3. The van der Waals surface area contributed by atoms with Gasteiger partial charge in [0.15, 0.2) is 17.3 Å². The van der Waals surface area contributed by atoms with Crippen LogP contribution in [0.5, 0.6) is 11.5 Å². The largest absolute Gasteiger partial charge is 0.454 e. The van der Waals surface area contributed by atoms with E-state index in [-0.39, 0.29) is 23.9 Å². The van der Waals surface area contributed by atoms with Crippen molar-refractivity contribution in [1.82, 2.24) is 9.29 Å². The molecule has 9 heteroatoms. The molecular weight excluding hydrogens is 444 g/mol. The van der Waals surface area contributed by atoms with Gasteiger partial charge in [0.1, 0.15) is 5.92 Å². The summed E-state index contributed by atoms with van der Waals surface area (Å²) in [4.78, 5) is 26.0. The Balaban J connectivity index is 1.41. The standard InChI is InChI=1S/C24H22N2O6S/c1-14-3-6-17(7-4-14)33(29,30)25-24(28)18-8-9-20-19(23(18)27)11-15(2)26(20)16-5-10-21-22(12-16)32-13-31-21/h3-7,10-12,18H,8-9,13H2,1-2H3,(H,25,28)/t18-/m0/s1. The van der Waals surface area contributed by atoms with E-state index in [1.807, 2.05) is 36.6 Å². The fraction of sp³-hybridized carbons (Fsp3) is 0.250. The number of aromatic nitrogens is 1. The van der Waals surface area contributed by atoms with Crippen LogP contribution in [0, 0.1) is 19.8 Å². The molecule has 0 saturated heterocycles. The smallest absolute Gasteiger partial charge is 0.264 e. The van der Waals surface area contributed by atoms with E-state index in [2.05, 4.69) is 4.72 Å². The fourth-order valence-corrected chi connectivity index (χ4v) is 5.38. The van der Waals surface area contributed by atoms with Crippen molar-refractivity contribution in [2.24, 2.45) is 5.92 Å². The second-order valence-corrected chi connectivity index (χ2v) is 9.94. The Kier molecular flexibility index (Phi) is 5.01. The van der Waals surface area contributed by atoms with E-state index in [0.29, 0.717) is 23.5 Å². The monoisotopic (exact) mass is 466 g/mol. The maximum absolute atomic E-state index is 13.2. The highest BCUT2D eigenvalue weighted by Gasteiger charge is 2.37. The topological polar surface area (TPSA) is 104 Å². The molecule has 33 heavy (non-hydrogen) atoms. The summed E-state index contributed by atoms with van der Waals surface area (Å²) in [7, 11) is -4.06. The van der Waals surface area contributed by atoms with E-state index in [4.69, 9.17) is 9.47 Å². The van der Waals surface area contributed by atoms with Crippen LogP contribution < -0.4 is 14.2 Å². The predicted molar refractivity (Wildman–Crippen MR) is 119 cm³/mol. The molecule has 2 heterocycles. The normalized spacial score (nSPS) is 17.0. The molecule has 5 rings (SSSR count). The molecule has 1 amide bonds. The molecule has 0 unspecified atom stereocenters. The van der Waals surface area contributed by atoms with Crippen LogP contribution in [0.15, 0.2) is 53.4 Å². The van der Waals surface area contributed by atoms with Crippen molar-refractivity contribution >= 4 is 21.7 Å². The molecule has 0 bridgehead atoms. The molecule has 0 saturated carbocycles. The van der Waals surface area contributed by atoms with Crippen LogP contribution in [-0.4, -0.2) is 31.5 Å². The van der Waals surface area contributed by atoms with E-state index in [9.17, 15) is 18.0 Å². The lowest BCUT2D eigenvalue weighted by Crippen LogP contribution is -2.41. The molecule has 170 valence electrons. The van der Waals surface area contributed by atoms with Gasteiger partial charge in [-0.25, -0.2) is 13.1 Å². The summed E-state index contributed by atoms with van der Waals surface area (Å²) < 4.78 is 40.1. The van der Waals surface area contributed by atoms with Gasteiger partial charge < -0.3 is 14.0 Å². The van der Waals surface area contributed by atoms with Crippen molar-refractivity contribution < 1.29 is 27.5 Å². The highest BCUT2D eigenvalue weighted by atomic mass is 32.2. The molecular formula is C24H22N2O6S. The average Bonchev–Trinajstić information content (AvgIpc) is 3.37. The van der Waals surface area contributed by atoms with Gasteiger partial charge in [-0.3, -0.25) is 9.59 Å².